The minimum Gasteiger partial charge on any atom is -0.492 e. The van der Waals surface area contributed by atoms with Crippen molar-refractivity contribution in [2.75, 3.05) is 30.7 Å². The van der Waals surface area contributed by atoms with Crippen molar-refractivity contribution in [3.8, 4) is 5.75 Å². The monoisotopic (exact) mass is 465 g/mol. The summed E-state index contributed by atoms with van der Waals surface area (Å²) in [7, 11) is -2.35. The second kappa shape index (κ2) is 9.91. The molecule has 3 rings (SSSR count). The van der Waals surface area contributed by atoms with Crippen LogP contribution in [0.25, 0.3) is 0 Å². The van der Waals surface area contributed by atoms with Crippen molar-refractivity contribution in [2.45, 2.75) is 38.5 Å². The molecule has 1 aliphatic heterocycles. The maximum Gasteiger partial charge on any atom is 0.339 e. The standard InChI is InChI=1S/C22H31N3O6S/c1-15(2)13-25(21-11-16(3)23-24(21)4)32(28,29)18-5-6-20(19(12-18)22(26)27)31-14-17-7-9-30-10-8-17/h5-6,11-12,15,17H,7-10,13-14H2,1-4H3,(H,26,27). The summed E-state index contributed by atoms with van der Waals surface area (Å²) in [6.45, 7) is 7.54. The molecule has 0 atom stereocenters. The first-order chi connectivity index (χ1) is 15.1. The van der Waals surface area contributed by atoms with E-state index in [4.69, 9.17) is 9.47 Å². The number of aromatic nitrogens is 2. The molecule has 0 saturated carbocycles. The van der Waals surface area contributed by atoms with Crippen molar-refractivity contribution < 1.29 is 27.8 Å². The van der Waals surface area contributed by atoms with E-state index < -0.39 is 16.0 Å². The number of nitrogens with zero attached hydrogens (tertiary/aromatic N) is 3. The first-order valence-electron chi connectivity index (χ1n) is 10.7. The molecule has 32 heavy (non-hydrogen) atoms. The molecular weight excluding hydrogens is 434 g/mol. The van der Waals surface area contributed by atoms with E-state index in [1.807, 2.05) is 13.8 Å². The van der Waals surface area contributed by atoms with Crippen LogP contribution in [-0.2, 0) is 21.8 Å². The summed E-state index contributed by atoms with van der Waals surface area (Å²) in [6.07, 6.45) is 1.70. The van der Waals surface area contributed by atoms with Crippen LogP contribution in [0.4, 0.5) is 5.82 Å². The van der Waals surface area contributed by atoms with Crippen LogP contribution >= 0.6 is 0 Å². The Labute approximate surface area is 189 Å². The van der Waals surface area contributed by atoms with E-state index in [1.54, 1.807) is 20.0 Å². The SMILES string of the molecule is Cc1cc(N(CC(C)C)S(=O)(=O)c2ccc(OCC3CCOCC3)c(C(=O)O)c2)n(C)n1. The predicted octanol–water partition coefficient (Wildman–Crippen LogP) is 3.08. The third kappa shape index (κ3) is 5.42. The van der Waals surface area contributed by atoms with Gasteiger partial charge in [-0.3, -0.25) is 4.68 Å². The number of aromatic carboxylic acids is 1. The number of anilines is 1. The molecule has 9 nitrogen and oxygen atoms in total. The summed E-state index contributed by atoms with van der Waals surface area (Å²) in [5.74, 6) is -0.331. The molecule has 0 spiro atoms. The number of hydrogen-bond donors (Lipinski definition) is 1. The van der Waals surface area contributed by atoms with E-state index in [9.17, 15) is 18.3 Å². The number of hydrogen-bond acceptors (Lipinski definition) is 6. The Morgan fingerprint density at radius 1 is 1.31 bits per heavy atom. The quantitative estimate of drug-likeness (QED) is 0.606. The van der Waals surface area contributed by atoms with E-state index in [1.165, 1.54) is 27.2 Å². The number of sulfonamides is 1. The van der Waals surface area contributed by atoms with Crippen LogP contribution in [-0.4, -0.2) is 55.6 Å². The predicted molar refractivity (Wildman–Crippen MR) is 120 cm³/mol. The summed E-state index contributed by atoms with van der Waals surface area (Å²) in [5.41, 5.74) is 0.512. The Hall–Kier alpha value is -2.59. The molecule has 1 aromatic carbocycles. The van der Waals surface area contributed by atoms with Crippen LogP contribution in [0.2, 0.25) is 0 Å². The largest absolute Gasteiger partial charge is 0.492 e. The average Bonchev–Trinajstić information content (AvgIpc) is 3.08. The van der Waals surface area contributed by atoms with Crippen LogP contribution in [0.5, 0.6) is 5.75 Å². The molecular formula is C22H31N3O6S. The maximum atomic E-state index is 13.6. The van der Waals surface area contributed by atoms with Crippen molar-refractivity contribution in [3.63, 3.8) is 0 Å². The van der Waals surface area contributed by atoms with Crippen molar-refractivity contribution in [1.29, 1.82) is 0 Å². The molecule has 2 heterocycles. The van der Waals surface area contributed by atoms with Crippen LogP contribution in [0, 0.1) is 18.8 Å². The lowest BCUT2D eigenvalue weighted by Crippen LogP contribution is -2.35. The fourth-order valence-corrected chi connectivity index (χ4v) is 5.36. The number of benzene rings is 1. The van der Waals surface area contributed by atoms with Gasteiger partial charge < -0.3 is 14.6 Å². The highest BCUT2D eigenvalue weighted by Crippen LogP contribution is 2.29. The summed E-state index contributed by atoms with van der Waals surface area (Å²) < 4.78 is 41.0. The fourth-order valence-electron chi connectivity index (χ4n) is 3.69. The third-order valence-electron chi connectivity index (χ3n) is 5.35. The van der Waals surface area contributed by atoms with E-state index in [-0.39, 0.29) is 34.6 Å². The zero-order valence-electron chi connectivity index (χ0n) is 18.9. The van der Waals surface area contributed by atoms with Gasteiger partial charge in [-0.25, -0.2) is 17.5 Å². The number of carboxylic acid groups (broad SMARTS) is 1. The first kappa shape index (κ1) is 24.1. The zero-order valence-corrected chi connectivity index (χ0v) is 19.8. The molecule has 0 bridgehead atoms. The Balaban J connectivity index is 1.94. The molecule has 0 radical (unpaired) electrons. The molecule has 2 aromatic rings. The molecule has 1 N–H and O–H groups in total. The van der Waals surface area contributed by atoms with Gasteiger partial charge in [0, 0.05) is 32.9 Å². The molecule has 1 aliphatic rings. The first-order valence-corrected chi connectivity index (χ1v) is 12.1. The number of rotatable bonds is 9. The third-order valence-corrected chi connectivity index (χ3v) is 7.11. The van der Waals surface area contributed by atoms with Gasteiger partial charge in [-0.05, 0) is 49.8 Å². The highest BCUT2D eigenvalue weighted by molar-refractivity contribution is 7.92. The molecule has 0 amide bonds. The Morgan fingerprint density at radius 2 is 2.00 bits per heavy atom. The van der Waals surface area contributed by atoms with Crippen LogP contribution < -0.4 is 9.04 Å². The molecule has 1 saturated heterocycles. The van der Waals surface area contributed by atoms with Crippen molar-refractivity contribution >= 4 is 21.8 Å². The smallest absolute Gasteiger partial charge is 0.339 e. The normalized spacial score (nSPS) is 15.2. The number of carbonyl (C=O) groups is 1. The molecule has 10 heteroatoms. The van der Waals surface area contributed by atoms with Gasteiger partial charge in [0.2, 0.25) is 0 Å². The van der Waals surface area contributed by atoms with Gasteiger partial charge in [0.25, 0.3) is 10.0 Å². The van der Waals surface area contributed by atoms with Gasteiger partial charge in [0.1, 0.15) is 17.1 Å². The number of ether oxygens (including phenoxy) is 2. The summed E-state index contributed by atoms with van der Waals surface area (Å²) in [4.78, 5) is 11.8. The summed E-state index contributed by atoms with van der Waals surface area (Å²) in [5, 5.41) is 14.0. The van der Waals surface area contributed by atoms with Crippen LogP contribution in [0.15, 0.2) is 29.2 Å². The second-order valence-corrected chi connectivity index (χ2v) is 10.4. The van der Waals surface area contributed by atoms with Crippen molar-refractivity contribution in [2.24, 2.45) is 18.9 Å². The highest BCUT2D eigenvalue weighted by Gasteiger charge is 2.30. The lowest BCUT2D eigenvalue weighted by Gasteiger charge is -2.26. The van der Waals surface area contributed by atoms with Crippen LogP contribution in [0.3, 0.4) is 0 Å². The van der Waals surface area contributed by atoms with E-state index in [0.717, 1.165) is 12.8 Å². The fraction of sp³-hybridized carbons (Fsp3) is 0.545. The minimum atomic E-state index is -4.03. The van der Waals surface area contributed by atoms with Gasteiger partial charge >= 0.3 is 5.97 Å². The summed E-state index contributed by atoms with van der Waals surface area (Å²) in [6, 6.07) is 5.70. The molecule has 176 valence electrons. The van der Waals surface area contributed by atoms with Gasteiger partial charge in [-0.15, -0.1) is 0 Å². The number of carboxylic acids is 1. The Bertz CT molecular complexity index is 1060. The van der Waals surface area contributed by atoms with Gasteiger partial charge in [-0.1, -0.05) is 13.8 Å². The van der Waals surface area contributed by atoms with E-state index >= 15 is 0 Å². The molecule has 0 unspecified atom stereocenters. The molecule has 1 fully saturated rings. The van der Waals surface area contributed by atoms with E-state index in [0.29, 0.717) is 31.3 Å². The lowest BCUT2D eigenvalue weighted by molar-refractivity contribution is 0.0490. The van der Waals surface area contributed by atoms with Crippen molar-refractivity contribution in [3.05, 3.63) is 35.5 Å². The maximum absolute atomic E-state index is 13.6. The average molecular weight is 466 g/mol. The highest BCUT2D eigenvalue weighted by atomic mass is 32.2. The van der Waals surface area contributed by atoms with Crippen LogP contribution in [0.1, 0.15) is 42.7 Å². The Kier molecular flexibility index (Phi) is 7.45. The van der Waals surface area contributed by atoms with Gasteiger partial charge in [0.05, 0.1) is 17.2 Å². The second-order valence-electron chi connectivity index (χ2n) is 8.53. The minimum absolute atomic E-state index is 0.0426. The number of aryl methyl sites for hydroxylation is 2. The molecule has 1 aromatic heterocycles. The van der Waals surface area contributed by atoms with Crippen molar-refractivity contribution in [1.82, 2.24) is 9.78 Å². The summed E-state index contributed by atoms with van der Waals surface area (Å²) >= 11 is 0. The Morgan fingerprint density at radius 3 is 2.56 bits per heavy atom. The topological polar surface area (TPSA) is 111 Å². The van der Waals surface area contributed by atoms with Gasteiger partial charge in [-0.2, -0.15) is 5.10 Å². The van der Waals surface area contributed by atoms with E-state index in [2.05, 4.69) is 5.10 Å². The van der Waals surface area contributed by atoms with Gasteiger partial charge in [0.15, 0.2) is 0 Å². The lowest BCUT2D eigenvalue weighted by atomic mass is 10.0. The zero-order chi connectivity index (χ0) is 23.5. The molecule has 0 aliphatic carbocycles.